The molecule has 140 valence electrons. The van der Waals surface area contributed by atoms with Gasteiger partial charge in [-0.1, -0.05) is 23.5 Å². The van der Waals surface area contributed by atoms with E-state index in [-0.39, 0.29) is 11.8 Å². The Labute approximate surface area is 165 Å². The van der Waals surface area contributed by atoms with Crippen molar-refractivity contribution in [3.8, 4) is 0 Å². The van der Waals surface area contributed by atoms with Crippen molar-refractivity contribution in [2.24, 2.45) is 0 Å². The van der Waals surface area contributed by atoms with Gasteiger partial charge in [0, 0.05) is 19.5 Å². The molecule has 3 aromatic rings. The maximum absolute atomic E-state index is 12.6. The number of carbonyl (C=O) groups is 2. The van der Waals surface area contributed by atoms with E-state index >= 15 is 0 Å². The van der Waals surface area contributed by atoms with Gasteiger partial charge in [0.15, 0.2) is 10.9 Å². The lowest BCUT2D eigenvalue weighted by atomic mass is 10.1. The molecule has 0 N–H and O–H groups in total. The van der Waals surface area contributed by atoms with E-state index in [1.54, 1.807) is 35.6 Å². The van der Waals surface area contributed by atoms with Gasteiger partial charge in [0.25, 0.3) is 0 Å². The third-order valence-corrected chi connectivity index (χ3v) is 7.11. The lowest BCUT2D eigenvalue weighted by Crippen LogP contribution is -2.29. The van der Waals surface area contributed by atoms with Crippen molar-refractivity contribution in [1.29, 1.82) is 0 Å². The summed E-state index contributed by atoms with van der Waals surface area (Å²) in [6, 6.07) is 8.89. The van der Waals surface area contributed by atoms with Crippen molar-refractivity contribution in [3.63, 3.8) is 0 Å². The number of carbonyl (C=O) groups excluding carboxylic acids is 2. The number of ketones is 1. The number of fused-ring (bicyclic) bond motifs is 1. The first-order chi connectivity index (χ1) is 13.1. The van der Waals surface area contributed by atoms with Crippen molar-refractivity contribution >= 4 is 49.1 Å². The summed E-state index contributed by atoms with van der Waals surface area (Å²) in [5.41, 5.74) is 2.29. The zero-order chi connectivity index (χ0) is 18.8. The highest BCUT2D eigenvalue weighted by Gasteiger charge is 2.19. The number of anilines is 1. The summed E-state index contributed by atoms with van der Waals surface area (Å²) in [4.78, 5) is 31.9. The maximum Gasteiger partial charge on any atom is 0.337 e. The zero-order valence-corrected chi connectivity index (χ0v) is 16.7. The van der Waals surface area contributed by atoms with Crippen LogP contribution in [0.25, 0.3) is 9.53 Å². The Morgan fingerprint density at radius 2 is 1.85 bits per heavy atom. The number of rotatable bonds is 5. The number of hydrogen-bond acceptors (Lipinski definition) is 7. The van der Waals surface area contributed by atoms with Gasteiger partial charge in [-0.15, -0.1) is 11.3 Å². The molecule has 4 rings (SSSR count). The number of esters is 1. The summed E-state index contributed by atoms with van der Waals surface area (Å²) in [6.07, 6.45) is 4.07. The summed E-state index contributed by atoms with van der Waals surface area (Å²) < 4.78 is 5.80. The molecule has 27 heavy (non-hydrogen) atoms. The zero-order valence-electron chi connectivity index (χ0n) is 15.1. The first-order valence-corrected chi connectivity index (χ1v) is 10.6. The van der Waals surface area contributed by atoms with Gasteiger partial charge in [-0.25, -0.2) is 9.78 Å². The summed E-state index contributed by atoms with van der Waals surface area (Å²) in [6.45, 7) is 2.16. The van der Waals surface area contributed by atoms with E-state index in [4.69, 9.17) is 9.72 Å². The summed E-state index contributed by atoms with van der Waals surface area (Å²) >= 11 is 3.21. The van der Waals surface area contributed by atoms with Crippen LogP contribution in [0.1, 0.15) is 44.9 Å². The number of thiazole rings is 1. The molecule has 1 saturated heterocycles. The number of nitrogens with zero attached hydrogens (tertiary/aromatic N) is 2. The largest absolute Gasteiger partial charge is 0.465 e. The predicted octanol–water partition coefficient (Wildman–Crippen LogP) is 4.56. The maximum atomic E-state index is 12.6. The van der Waals surface area contributed by atoms with Crippen molar-refractivity contribution < 1.29 is 14.3 Å². The van der Waals surface area contributed by atoms with Crippen molar-refractivity contribution in [3.05, 3.63) is 46.3 Å². The van der Waals surface area contributed by atoms with E-state index in [1.165, 1.54) is 37.7 Å². The summed E-state index contributed by atoms with van der Waals surface area (Å²) in [7, 11) is 1.35. The molecule has 2 aromatic heterocycles. The van der Waals surface area contributed by atoms with Crippen LogP contribution in [-0.2, 0) is 11.2 Å². The van der Waals surface area contributed by atoms with E-state index in [0.717, 1.165) is 38.2 Å². The first-order valence-electron chi connectivity index (χ1n) is 9.00. The Kier molecular flexibility index (Phi) is 5.22. The van der Waals surface area contributed by atoms with Crippen LogP contribution in [0.3, 0.4) is 0 Å². The smallest absolute Gasteiger partial charge is 0.337 e. The molecule has 3 heterocycles. The molecule has 0 bridgehead atoms. The van der Waals surface area contributed by atoms with Gasteiger partial charge in [0.2, 0.25) is 0 Å². The molecule has 0 saturated carbocycles. The van der Waals surface area contributed by atoms with Gasteiger partial charge in [-0.3, -0.25) is 4.79 Å². The minimum atomic E-state index is -0.373. The molecule has 0 aliphatic carbocycles. The van der Waals surface area contributed by atoms with E-state index in [0.29, 0.717) is 12.0 Å². The number of benzene rings is 1. The topological polar surface area (TPSA) is 59.5 Å². The number of methoxy groups -OCH3 is 1. The molecular weight excluding hydrogens is 380 g/mol. The SMILES string of the molecule is COC(=O)c1ccc(CC(=O)c2cc3nc(N4CCCCC4)sc3s2)cc1. The van der Waals surface area contributed by atoms with Gasteiger partial charge in [-0.2, -0.15) is 0 Å². The molecule has 0 radical (unpaired) electrons. The van der Waals surface area contributed by atoms with Crippen LogP contribution in [0, 0.1) is 0 Å². The normalized spacial score (nSPS) is 14.5. The number of ether oxygens (including phenoxy) is 1. The number of aromatic nitrogens is 1. The Hall–Kier alpha value is -2.25. The molecule has 0 atom stereocenters. The van der Waals surface area contributed by atoms with Crippen LogP contribution in [0.5, 0.6) is 0 Å². The van der Waals surface area contributed by atoms with Crippen molar-refractivity contribution in [1.82, 2.24) is 4.98 Å². The Bertz CT molecular complexity index is 937. The average Bonchev–Trinajstić information content (AvgIpc) is 3.28. The highest BCUT2D eigenvalue weighted by molar-refractivity contribution is 7.40. The van der Waals surface area contributed by atoms with E-state index in [1.807, 2.05) is 6.07 Å². The highest BCUT2D eigenvalue weighted by Crippen LogP contribution is 2.36. The molecule has 7 heteroatoms. The lowest BCUT2D eigenvalue weighted by molar-refractivity contribution is 0.0600. The van der Waals surface area contributed by atoms with E-state index in [2.05, 4.69) is 4.90 Å². The van der Waals surface area contributed by atoms with Gasteiger partial charge in [0.05, 0.1) is 23.1 Å². The second kappa shape index (κ2) is 7.78. The molecule has 0 spiro atoms. The Morgan fingerprint density at radius 3 is 2.52 bits per heavy atom. The van der Waals surface area contributed by atoms with Crippen molar-refractivity contribution in [2.75, 3.05) is 25.1 Å². The highest BCUT2D eigenvalue weighted by atomic mass is 32.2. The molecule has 0 unspecified atom stereocenters. The van der Waals surface area contributed by atoms with E-state index in [9.17, 15) is 9.59 Å². The van der Waals surface area contributed by atoms with Crippen LogP contribution in [0.15, 0.2) is 30.3 Å². The molecule has 1 aromatic carbocycles. The van der Waals surface area contributed by atoms with Crippen LogP contribution in [0.2, 0.25) is 0 Å². The fraction of sp³-hybridized carbons (Fsp3) is 0.350. The summed E-state index contributed by atoms with van der Waals surface area (Å²) in [5.74, 6) is -0.294. The fourth-order valence-corrected chi connectivity index (χ4v) is 5.49. The van der Waals surface area contributed by atoms with Gasteiger partial charge in [0.1, 0.15) is 4.01 Å². The van der Waals surface area contributed by atoms with Gasteiger partial charge in [-0.05, 0) is 43.0 Å². The second-order valence-electron chi connectivity index (χ2n) is 6.62. The first kappa shape index (κ1) is 18.1. The molecular formula is C20H20N2O3S2. The van der Waals surface area contributed by atoms with Crippen LogP contribution in [0.4, 0.5) is 5.13 Å². The quantitative estimate of drug-likeness (QED) is 0.464. The number of Topliss-reactive ketones (excluding diaryl/α,β-unsaturated/α-hetero) is 1. The summed E-state index contributed by atoms with van der Waals surface area (Å²) in [5, 5.41) is 1.08. The van der Waals surface area contributed by atoms with Gasteiger partial charge < -0.3 is 9.64 Å². The number of thiophene rings is 1. The Balaban J connectivity index is 1.46. The monoisotopic (exact) mass is 400 g/mol. The molecule has 1 aliphatic rings. The fourth-order valence-electron chi connectivity index (χ4n) is 3.23. The number of piperidine rings is 1. The second-order valence-corrected chi connectivity index (χ2v) is 8.90. The van der Waals surface area contributed by atoms with Crippen LogP contribution >= 0.6 is 22.7 Å². The van der Waals surface area contributed by atoms with Crippen molar-refractivity contribution in [2.45, 2.75) is 25.7 Å². The lowest BCUT2D eigenvalue weighted by Gasteiger charge is -2.25. The molecule has 1 fully saturated rings. The van der Waals surface area contributed by atoms with Crippen LogP contribution < -0.4 is 4.90 Å². The third-order valence-electron chi connectivity index (χ3n) is 4.72. The standard InChI is InChI=1S/C20H20N2O3S2/c1-25-18(24)14-7-5-13(6-8-14)11-16(23)17-12-15-19(26-17)27-20(21-15)22-9-3-2-4-10-22/h5-8,12H,2-4,9-11H2,1H3. The van der Waals surface area contributed by atoms with Crippen LogP contribution in [-0.4, -0.2) is 36.9 Å². The average molecular weight is 401 g/mol. The molecule has 1 aliphatic heterocycles. The number of hydrogen-bond donors (Lipinski definition) is 0. The van der Waals surface area contributed by atoms with E-state index < -0.39 is 0 Å². The predicted molar refractivity (Wildman–Crippen MR) is 109 cm³/mol. The van der Waals surface area contributed by atoms with Gasteiger partial charge >= 0.3 is 5.97 Å². The minimum Gasteiger partial charge on any atom is -0.465 e. The Morgan fingerprint density at radius 1 is 1.11 bits per heavy atom. The molecule has 5 nitrogen and oxygen atoms in total. The third kappa shape index (κ3) is 3.89. The molecule has 0 amide bonds. The minimum absolute atomic E-state index is 0.0792.